The lowest BCUT2D eigenvalue weighted by molar-refractivity contribution is 0.580. The summed E-state index contributed by atoms with van der Waals surface area (Å²) in [6, 6.07) is 0. The number of imidazole rings is 1. The molecule has 2 aromatic rings. The zero-order valence-electron chi connectivity index (χ0n) is 11.3. The van der Waals surface area contributed by atoms with Gasteiger partial charge in [-0.05, 0) is 13.8 Å². The maximum absolute atomic E-state index is 6.32. The van der Waals surface area contributed by atoms with Gasteiger partial charge in [0.2, 0.25) is 0 Å². The van der Waals surface area contributed by atoms with E-state index in [0.717, 1.165) is 35.3 Å². The van der Waals surface area contributed by atoms with E-state index in [1.165, 1.54) is 0 Å². The van der Waals surface area contributed by atoms with Crippen LogP contribution in [0, 0.1) is 6.92 Å². The predicted octanol–water partition coefficient (Wildman–Crippen LogP) is 3.23. The van der Waals surface area contributed by atoms with Crippen molar-refractivity contribution in [2.45, 2.75) is 46.7 Å². The Labute approximate surface area is 113 Å². The quantitative estimate of drug-likeness (QED) is 0.852. The molecule has 18 heavy (non-hydrogen) atoms. The number of hydrogen-bond acceptors (Lipinski definition) is 2. The topological polar surface area (TPSA) is 35.6 Å². The van der Waals surface area contributed by atoms with Crippen LogP contribution in [-0.2, 0) is 13.1 Å². The molecule has 0 saturated heterocycles. The number of nitrogens with zero attached hydrogens (tertiary/aromatic N) is 4. The summed E-state index contributed by atoms with van der Waals surface area (Å²) < 4.78 is 4.10. The van der Waals surface area contributed by atoms with Gasteiger partial charge in [0.25, 0.3) is 0 Å². The van der Waals surface area contributed by atoms with E-state index in [1.54, 1.807) is 0 Å². The lowest BCUT2D eigenvalue weighted by Gasteiger charge is -2.11. The average molecular weight is 267 g/mol. The van der Waals surface area contributed by atoms with E-state index < -0.39 is 0 Å². The van der Waals surface area contributed by atoms with Gasteiger partial charge in [-0.15, -0.1) is 0 Å². The highest BCUT2D eigenvalue weighted by atomic mass is 35.5. The van der Waals surface area contributed by atoms with Crippen LogP contribution in [0.2, 0.25) is 5.02 Å². The minimum absolute atomic E-state index is 0.401. The molecule has 2 heterocycles. The molecule has 0 bridgehead atoms. The molecule has 0 radical (unpaired) electrons. The summed E-state index contributed by atoms with van der Waals surface area (Å²) in [6.07, 6.45) is 3.83. The van der Waals surface area contributed by atoms with Crippen LogP contribution in [0.5, 0.6) is 0 Å². The van der Waals surface area contributed by atoms with Crippen LogP contribution in [0.1, 0.15) is 43.9 Å². The molecule has 0 aliphatic rings. The van der Waals surface area contributed by atoms with Gasteiger partial charge < -0.3 is 4.57 Å². The van der Waals surface area contributed by atoms with Gasteiger partial charge >= 0.3 is 0 Å². The van der Waals surface area contributed by atoms with Crippen LogP contribution in [-0.4, -0.2) is 19.3 Å². The van der Waals surface area contributed by atoms with Crippen molar-refractivity contribution in [3.05, 3.63) is 34.6 Å². The Hall–Kier alpha value is -1.29. The van der Waals surface area contributed by atoms with Crippen LogP contribution < -0.4 is 0 Å². The van der Waals surface area contributed by atoms with Crippen molar-refractivity contribution in [3.8, 4) is 0 Å². The molecule has 0 unspecified atom stereocenters. The summed E-state index contributed by atoms with van der Waals surface area (Å²) >= 11 is 6.32. The third-order valence-corrected chi connectivity index (χ3v) is 3.53. The molecule has 0 aliphatic carbocycles. The normalized spacial score (nSPS) is 11.4. The first kappa shape index (κ1) is 13.1. The summed E-state index contributed by atoms with van der Waals surface area (Å²) in [5.41, 5.74) is 1.94. The fourth-order valence-corrected chi connectivity index (χ4v) is 2.33. The van der Waals surface area contributed by atoms with Gasteiger partial charge in [0.1, 0.15) is 5.82 Å². The molecule has 0 fully saturated rings. The molecule has 0 N–H and O–H groups in total. The fraction of sp³-hybridized carbons (Fsp3) is 0.538. The molecular weight excluding hydrogens is 248 g/mol. The highest BCUT2D eigenvalue weighted by molar-refractivity contribution is 6.31. The van der Waals surface area contributed by atoms with Crippen molar-refractivity contribution >= 4 is 11.6 Å². The number of aryl methyl sites for hydroxylation is 2. The molecule has 4 nitrogen and oxygen atoms in total. The minimum Gasteiger partial charge on any atom is -0.329 e. The Balaban J connectivity index is 2.36. The Kier molecular flexibility index (Phi) is 3.76. The van der Waals surface area contributed by atoms with E-state index in [2.05, 4.69) is 35.4 Å². The number of rotatable bonds is 4. The monoisotopic (exact) mass is 266 g/mol. The van der Waals surface area contributed by atoms with Gasteiger partial charge in [0.15, 0.2) is 0 Å². The van der Waals surface area contributed by atoms with E-state index in [9.17, 15) is 0 Å². The second-order valence-corrected chi connectivity index (χ2v) is 5.11. The molecule has 2 aromatic heterocycles. The van der Waals surface area contributed by atoms with Crippen molar-refractivity contribution in [2.24, 2.45) is 0 Å². The molecule has 0 atom stereocenters. The Morgan fingerprint density at radius 2 is 2.11 bits per heavy atom. The van der Waals surface area contributed by atoms with Gasteiger partial charge in [-0.1, -0.05) is 25.4 Å². The van der Waals surface area contributed by atoms with E-state index >= 15 is 0 Å². The first-order chi connectivity index (χ1) is 8.54. The molecule has 0 spiro atoms. The summed E-state index contributed by atoms with van der Waals surface area (Å²) in [7, 11) is 0. The number of hydrogen-bond donors (Lipinski definition) is 0. The molecule has 0 saturated carbocycles. The first-order valence-electron chi connectivity index (χ1n) is 6.27. The minimum atomic E-state index is 0.401. The third kappa shape index (κ3) is 2.29. The van der Waals surface area contributed by atoms with Crippen molar-refractivity contribution in [1.82, 2.24) is 19.3 Å². The van der Waals surface area contributed by atoms with Gasteiger partial charge in [-0.25, -0.2) is 4.98 Å². The first-order valence-corrected chi connectivity index (χ1v) is 6.65. The van der Waals surface area contributed by atoms with Crippen molar-refractivity contribution in [1.29, 1.82) is 0 Å². The lowest BCUT2D eigenvalue weighted by Crippen LogP contribution is -2.11. The van der Waals surface area contributed by atoms with Crippen molar-refractivity contribution in [3.63, 3.8) is 0 Å². The van der Waals surface area contributed by atoms with Gasteiger partial charge in [-0.3, -0.25) is 4.68 Å². The molecule has 0 amide bonds. The zero-order valence-corrected chi connectivity index (χ0v) is 12.1. The van der Waals surface area contributed by atoms with E-state index in [1.807, 2.05) is 24.0 Å². The predicted molar refractivity (Wildman–Crippen MR) is 73.1 cm³/mol. The lowest BCUT2D eigenvalue weighted by atomic mass is 10.2. The molecule has 0 aromatic carbocycles. The van der Waals surface area contributed by atoms with Crippen molar-refractivity contribution in [2.75, 3.05) is 0 Å². The Morgan fingerprint density at radius 1 is 1.39 bits per heavy atom. The van der Waals surface area contributed by atoms with Gasteiger partial charge in [0, 0.05) is 24.9 Å². The van der Waals surface area contributed by atoms with E-state index in [4.69, 9.17) is 11.6 Å². The highest BCUT2D eigenvalue weighted by Gasteiger charge is 2.15. The Bertz CT molecular complexity index is 539. The summed E-state index contributed by atoms with van der Waals surface area (Å²) in [5, 5.41) is 5.20. The van der Waals surface area contributed by atoms with E-state index in [-0.39, 0.29) is 0 Å². The number of halogens is 1. The van der Waals surface area contributed by atoms with Gasteiger partial charge in [0.05, 0.1) is 23.0 Å². The standard InChI is InChI=1S/C13H19ClN4/c1-5-18-11(12(14)10(4)16-18)8-17-7-6-15-13(17)9(2)3/h6-7,9H,5,8H2,1-4H3. The smallest absolute Gasteiger partial charge is 0.111 e. The number of aromatic nitrogens is 4. The maximum Gasteiger partial charge on any atom is 0.111 e. The van der Waals surface area contributed by atoms with Crippen molar-refractivity contribution < 1.29 is 0 Å². The van der Waals surface area contributed by atoms with Crippen LogP contribution in [0.3, 0.4) is 0 Å². The summed E-state index contributed by atoms with van der Waals surface area (Å²) in [6.45, 7) is 9.85. The molecule has 98 valence electrons. The highest BCUT2D eigenvalue weighted by Crippen LogP contribution is 2.22. The average Bonchev–Trinajstić information content (AvgIpc) is 2.89. The SMILES string of the molecule is CCn1nc(C)c(Cl)c1Cn1ccnc1C(C)C. The molecule has 2 rings (SSSR count). The van der Waals surface area contributed by atoms with Crippen LogP contribution in [0.4, 0.5) is 0 Å². The Morgan fingerprint density at radius 3 is 2.72 bits per heavy atom. The molecule has 0 aliphatic heterocycles. The molecular formula is C13H19ClN4. The summed E-state index contributed by atoms with van der Waals surface area (Å²) in [4.78, 5) is 4.39. The van der Waals surface area contributed by atoms with Crippen LogP contribution in [0.15, 0.2) is 12.4 Å². The maximum atomic E-state index is 6.32. The summed E-state index contributed by atoms with van der Waals surface area (Å²) in [5.74, 6) is 1.48. The largest absolute Gasteiger partial charge is 0.329 e. The van der Waals surface area contributed by atoms with Crippen LogP contribution in [0.25, 0.3) is 0 Å². The van der Waals surface area contributed by atoms with Gasteiger partial charge in [-0.2, -0.15) is 5.10 Å². The molecule has 5 heteroatoms. The van der Waals surface area contributed by atoms with Crippen LogP contribution >= 0.6 is 11.6 Å². The second-order valence-electron chi connectivity index (χ2n) is 4.73. The zero-order chi connectivity index (χ0) is 13.3. The third-order valence-electron chi connectivity index (χ3n) is 3.04. The van der Waals surface area contributed by atoms with E-state index in [0.29, 0.717) is 5.92 Å². The fourth-order valence-electron chi connectivity index (χ4n) is 2.14. The second kappa shape index (κ2) is 5.14.